The highest BCUT2D eigenvalue weighted by Gasteiger charge is 2.08. The van der Waals surface area contributed by atoms with Crippen LogP contribution in [0.3, 0.4) is 0 Å². The molecule has 26 heavy (non-hydrogen) atoms. The minimum absolute atomic E-state index is 0.824. The molecule has 1 aromatic carbocycles. The minimum atomic E-state index is 0.824. The van der Waals surface area contributed by atoms with Gasteiger partial charge in [0.05, 0.1) is 13.2 Å². The SMILES string of the molecule is CCCCCCCCOc1ccc(OCCCCCCCC)c(C)c1C. The van der Waals surface area contributed by atoms with Crippen LogP contribution in [-0.4, -0.2) is 13.2 Å². The summed E-state index contributed by atoms with van der Waals surface area (Å²) in [4.78, 5) is 0. The monoisotopic (exact) mass is 362 g/mol. The van der Waals surface area contributed by atoms with Crippen molar-refractivity contribution in [1.29, 1.82) is 0 Å². The Morgan fingerprint density at radius 3 is 1.27 bits per heavy atom. The number of benzene rings is 1. The molecule has 0 atom stereocenters. The summed E-state index contributed by atoms with van der Waals surface area (Å²) in [5.74, 6) is 2.03. The Bertz CT molecular complexity index is 425. The van der Waals surface area contributed by atoms with Crippen LogP contribution in [-0.2, 0) is 0 Å². The van der Waals surface area contributed by atoms with Crippen LogP contribution in [0.2, 0.25) is 0 Å². The quantitative estimate of drug-likeness (QED) is 0.279. The number of unbranched alkanes of at least 4 members (excludes halogenated alkanes) is 10. The van der Waals surface area contributed by atoms with Gasteiger partial charge in [0.15, 0.2) is 0 Å². The van der Waals surface area contributed by atoms with E-state index in [2.05, 4.69) is 39.8 Å². The Kier molecular flexibility index (Phi) is 13.1. The summed E-state index contributed by atoms with van der Waals surface area (Å²) in [6.07, 6.45) is 15.6. The van der Waals surface area contributed by atoms with Gasteiger partial charge in [-0.2, -0.15) is 0 Å². The van der Waals surface area contributed by atoms with E-state index >= 15 is 0 Å². The number of ether oxygens (including phenoxy) is 2. The highest BCUT2D eigenvalue weighted by atomic mass is 16.5. The van der Waals surface area contributed by atoms with Gasteiger partial charge in [-0.3, -0.25) is 0 Å². The van der Waals surface area contributed by atoms with Crippen LogP contribution in [0, 0.1) is 13.8 Å². The lowest BCUT2D eigenvalue weighted by atomic mass is 10.1. The second-order valence-corrected chi connectivity index (χ2v) is 7.54. The molecule has 0 saturated carbocycles. The van der Waals surface area contributed by atoms with Crippen molar-refractivity contribution in [2.24, 2.45) is 0 Å². The fraction of sp³-hybridized carbons (Fsp3) is 0.750. The van der Waals surface area contributed by atoms with Gasteiger partial charge < -0.3 is 9.47 Å². The van der Waals surface area contributed by atoms with Crippen molar-refractivity contribution >= 4 is 0 Å². The van der Waals surface area contributed by atoms with E-state index in [0.717, 1.165) is 37.6 Å². The fourth-order valence-corrected chi connectivity index (χ4v) is 3.21. The molecule has 0 amide bonds. The molecule has 0 N–H and O–H groups in total. The second-order valence-electron chi connectivity index (χ2n) is 7.54. The standard InChI is InChI=1S/C24H42O2/c1-5-7-9-11-13-15-19-25-23-17-18-24(22(4)21(23)3)26-20-16-14-12-10-8-6-2/h17-18H,5-16,19-20H2,1-4H3. The van der Waals surface area contributed by atoms with Crippen molar-refractivity contribution in [3.05, 3.63) is 23.3 Å². The van der Waals surface area contributed by atoms with Gasteiger partial charge in [-0.1, -0.05) is 78.1 Å². The van der Waals surface area contributed by atoms with Crippen LogP contribution < -0.4 is 9.47 Å². The zero-order valence-corrected chi connectivity index (χ0v) is 17.9. The summed E-state index contributed by atoms with van der Waals surface area (Å²) in [7, 11) is 0. The molecule has 0 aromatic heterocycles. The molecule has 0 radical (unpaired) electrons. The molecule has 0 aliphatic carbocycles. The lowest BCUT2D eigenvalue weighted by molar-refractivity contribution is 0.293. The van der Waals surface area contributed by atoms with E-state index in [1.807, 2.05) is 0 Å². The van der Waals surface area contributed by atoms with Crippen LogP contribution in [0.5, 0.6) is 11.5 Å². The van der Waals surface area contributed by atoms with Crippen LogP contribution in [0.25, 0.3) is 0 Å². The molecule has 0 unspecified atom stereocenters. The van der Waals surface area contributed by atoms with E-state index in [1.54, 1.807) is 0 Å². The Morgan fingerprint density at radius 2 is 0.885 bits per heavy atom. The van der Waals surface area contributed by atoms with E-state index in [4.69, 9.17) is 9.47 Å². The normalized spacial score (nSPS) is 10.9. The average molecular weight is 363 g/mol. The topological polar surface area (TPSA) is 18.5 Å². The minimum Gasteiger partial charge on any atom is -0.493 e. The van der Waals surface area contributed by atoms with Crippen molar-refractivity contribution in [3.63, 3.8) is 0 Å². The molecule has 2 nitrogen and oxygen atoms in total. The van der Waals surface area contributed by atoms with E-state index in [0.29, 0.717) is 0 Å². The largest absolute Gasteiger partial charge is 0.493 e. The summed E-state index contributed by atoms with van der Waals surface area (Å²) in [5.41, 5.74) is 2.44. The van der Waals surface area contributed by atoms with Gasteiger partial charge in [-0.15, -0.1) is 0 Å². The summed E-state index contributed by atoms with van der Waals surface area (Å²) < 4.78 is 12.0. The molecule has 0 saturated heterocycles. The number of rotatable bonds is 16. The molecule has 0 aliphatic heterocycles. The van der Waals surface area contributed by atoms with E-state index in [9.17, 15) is 0 Å². The van der Waals surface area contributed by atoms with Gasteiger partial charge in [0.2, 0.25) is 0 Å². The van der Waals surface area contributed by atoms with Crippen molar-refractivity contribution in [1.82, 2.24) is 0 Å². The Labute approximate surface area is 162 Å². The van der Waals surface area contributed by atoms with Crippen LogP contribution >= 0.6 is 0 Å². The Hall–Kier alpha value is -1.18. The molecule has 150 valence electrons. The summed E-state index contributed by atoms with van der Waals surface area (Å²) in [6, 6.07) is 4.16. The Balaban J connectivity index is 2.26. The lowest BCUT2D eigenvalue weighted by Gasteiger charge is -2.15. The van der Waals surface area contributed by atoms with Gasteiger partial charge in [-0.05, 0) is 49.9 Å². The molecular weight excluding hydrogens is 320 g/mol. The zero-order valence-electron chi connectivity index (χ0n) is 17.9. The van der Waals surface area contributed by atoms with E-state index in [1.165, 1.54) is 75.3 Å². The molecule has 1 aromatic rings. The van der Waals surface area contributed by atoms with Crippen molar-refractivity contribution in [2.75, 3.05) is 13.2 Å². The predicted molar refractivity (Wildman–Crippen MR) is 114 cm³/mol. The summed E-state index contributed by atoms with van der Waals surface area (Å²) in [5, 5.41) is 0. The first-order valence-electron chi connectivity index (χ1n) is 11.1. The molecule has 0 spiro atoms. The first kappa shape index (κ1) is 22.9. The zero-order chi connectivity index (χ0) is 19.0. The molecule has 1 rings (SSSR count). The van der Waals surface area contributed by atoms with E-state index in [-0.39, 0.29) is 0 Å². The third kappa shape index (κ3) is 9.50. The molecule has 2 heteroatoms. The van der Waals surface area contributed by atoms with Crippen molar-refractivity contribution < 1.29 is 9.47 Å². The highest BCUT2D eigenvalue weighted by molar-refractivity contribution is 5.47. The first-order chi connectivity index (χ1) is 12.7. The van der Waals surface area contributed by atoms with Crippen molar-refractivity contribution in [3.8, 4) is 11.5 Å². The Morgan fingerprint density at radius 1 is 0.538 bits per heavy atom. The smallest absolute Gasteiger partial charge is 0.122 e. The molecule has 0 bridgehead atoms. The third-order valence-electron chi connectivity index (χ3n) is 5.20. The van der Waals surface area contributed by atoms with Gasteiger partial charge in [-0.25, -0.2) is 0 Å². The maximum atomic E-state index is 6.00. The second kappa shape index (κ2) is 14.9. The first-order valence-corrected chi connectivity index (χ1v) is 11.1. The highest BCUT2D eigenvalue weighted by Crippen LogP contribution is 2.29. The summed E-state index contributed by atoms with van der Waals surface area (Å²) >= 11 is 0. The van der Waals surface area contributed by atoms with Crippen LogP contribution in [0.1, 0.15) is 102 Å². The van der Waals surface area contributed by atoms with Gasteiger partial charge in [0.1, 0.15) is 11.5 Å². The van der Waals surface area contributed by atoms with Crippen LogP contribution in [0.15, 0.2) is 12.1 Å². The average Bonchev–Trinajstić information content (AvgIpc) is 2.65. The maximum Gasteiger partial charge on any atom is 0.122 e. The molecule has 0 fully saturated rings. The number of hydrogen-bond donors (Lipinski definition) is 0. The van der Waals surface area contributed by atoms with Gasteiger partial charge >= 0.3 is 0 Å². The number of hydrogen-bond acceptors (Lipinski definition) is 2. The summed E-state index contributed by atoms with van der Waals surface area (Å²) in [6.45, 7) is 10.5. The van der Waals surface area contributed by atoms with Crippen LogP contribution in [0.4, 0.5) is 0 Å². The lowest BCUT2D eigenvalue weighted by Crippen LogP contribution is -2.03. The predicted octanol–water partition coefficient (Wildman–Crippen LogP) is 7.78. The molecular formula is C24H42O2. The molecule has 0 heterocycles. The van der Waals surface area contributed by atoms with Gasteiger partial charge in [0, 0.05) is 0 Å². The molecule has 0 aliphatic rings. The fourth-order valence-electron chi connectivity index (χ4n) is 3.21. The van der Waals surface area contributed by atoms with E-state index < -0.39 is 0 Å². The maximum absolute atomic E-state index is 6.00. The third-order valence-corrected chi connectivity index (χ3v) is 5.20. The van der Waals surface area contributed by atoms with Crippen molar-refractivity contribution in [2.45, 2.75) is 105 Å². The van der Waals surface area contributed by atoms with Gasteiger partial charge in [0.25, 0.3) is 0 Å².